The lowest BCUT2D eigenvalue weighted by Crippen LogP contribution is -2.25. The van der Waals surface area contributed by atoms with Crippen LogP contribution in [0, 0.1) is 5.92 Å². The number of hydrogen-bond acceptors (Lipinski definition) is 7. The summed E-state index contributed by atoms with van der Waals surface area (Å²) in [5.41, 5.74) is 0.0718. The third kappa shape index (κ3) is 4.83. The molecule has 2 unspecified atom stereocenters. The number of aliphatic carboxylic acids is 2. The van der Waals surface area contributed by atoms with Crippen LogP contribution < -0.4 is 0 Å². The van der Waals surface area contributed by atoms with Gasteiger partial charge in [0.05, 0.1) is 28.7 Å². The number of oxazole rings is 1. The summed E-state index contributed by atoms with van der Waals surface area (Å²) in [7, 11) is 0. The summed E-state index contributed by atoms with van der Waals surface area (Å²) in [6.45, 7) is 0. The van der Waals surface area contributed by atoms with Crippen molar-refractivity contribution < 1.29 is 44.0 Å². The highest BCUT2D eigenvalue weighted by molar-refractivity contribution is 7.99. The van der Waals surface area contributed by atoms with Crippen molar-refractivity contribution in [1.82, 2.24) is 4.98 Å². The van der Waals surface area contributed by atoms with E-state index in [0.717, 1.165) is 23.9 Å². The predicted octanol–water partition coefficient (Wildman–Crippen LogP) is 3.23. The van der Waals surface area contributed by atoms with Crippen molar-refractivity contribution in [3.8, 4) is 0 Å². The maximum absolute atomic E-state index is 11.9. The first-order valence-electron chi connectivity index (χ1n) is 8.74. The summed E-state index contributed by atoms with van der Waals surface area (Å²) in [6.07, 6.45) is -0.799. The Kier molecular flexibility index (Phi) is 6.25. The fourth-order valence-electron chi connectivity index (χ4n) is 3.01. The van der Waals surface area contributed by atoms with E-state index in [1.54, 1.807) is 24.3 Å². The molecule has 2 aromatic carbocycles. The molecule has 3 rings (SSSR count). The molecule has 0 aliphatic carbocycles. The van der Waals surface area contributed by atoms with E-state index in [-0.39, 0.29) is 16.3 Å². The van der Waals surface area contributed by atoms with Crippen LogP contribution in [0.2, 0.25) is 0 Å². The summed E-state index contributed by atoms with van der Waals surface area (Å²) >= 11 is 0.759. The molecule has 4 N–H and O–H groups in total. The third-order valence-corrected chi connectivity index (χ3v) is 5.63. The van der Waals surface area contributed by atoms with Gasteiger partial charge < -0.3 is 24.8 Å². The van der Waals surface area contributed by atoms with Crippen molar-refractivity contribution in [2.75, 3.05) is 0 Å². The second-order valence-corrected chi connectivity index (χ2v) is 7.53. The standard InChI is InChI=1S/C20H15NO9S/c22-15(23)8-12(19(28)29)16(31-20-21-13-3-1-2-4-14(13)30-20)10-6-5-9(17(24)25)7-11(10)18(26)27/h1-7,12,16H,8H2,(H,22,23)(H,24,25)(H,26,27)(H,28,29). The normalized spacial score (nSPS) is 12.9. The van der Waals surface area contributed by atoms with Crippen LogP contribution in [-0.2, 0) is 9.59 Å². The average molecular weight is 445 g/mol. The Morgan fingerprint density at radius 2 is 1.68 bits per heavy atom. The van der Waals surface area contributed by atoms with E-state index in [4.69, 9.17) is 9.52 Å². The molecule has 3 aromatic rings. The van der Waals surface area contributed by atoms with E-state index in [1.807, 2.05) is 0 Å². The lowest BCUT2D eigenvalue weighted by Gasteiger charge is -2.23. The van der Waals surface area contributed by atoms with E-state index in [9.17, 15) is 34.5 Å². The molecule has 10 nitrogen and oxygen atoms in total. The maximum Gasteiger partial charge on any atom is 0.336 e. The number of benzene rings is 2. The highest BCUT2D eigenvalue weighted by atomic mass is 32.2. The molecule has 0 amide bonds. The van der Waals surface area contributed by atoms with Crippen molar-refractivity contribution in [3.05, 3.63) is 59.2 Å². The number of carboxylic acids is 4. The number of carbonyl (C=O) groups is 4. The minimum atomic E-state index is -1.55. The van der Waals surface area contributed by atoms with Crippen LogP contribution in [0.5, 0.6) is 0 Å². The lowest BCUT2D eigenvalue weighted by molar-refractivity contribution is -0.148. The highest BCUT2D eigenvalue weighted by Crippen LogP contribution is 2.44. The molecule has 1 aromatic heterocycles. The third-order valence-electron chi connectivity index (χ3n) is 4.42. The summed E-state index contributed by atoms with van der Waals surface area (Å²) in [4.78, 5) is 50.5. The van der Waals surface area contributed by atoms with Crippen LogP contribution in [0.25, 0.3) is 11.1 Å². The number of aromatic nitrogens is 1. The predicted molar refractivity (Wildman–Crippen MR) is 106 cm³/mol. The van der Waals surface area contributed by atoms with Crippen molar-refractivity contribution in [1.29, 1.82) is 0 Å². The second kappa shape index (κ2) is 8.88. The fourth-order valence-corrected chi connectivity index (χ4v) is 4.22. The molecular formula is C20H15NO9S. The van der Waals surface area contributed by atoms with Gasteiger partial charge >= 0.3 is 23.9 Å². The molecular weight excluding hydrogens is 430 g/mol. The first-order valence-corrected chi connectivity index (χ1v) is 9.62. The molecule has 0 fully saturated rings. The topological polar surface area (TPSA) is 175 Å². The molecule has 160 valence electrons. The minimum absolute atomic E-state index is 0.0153. The Bertz CT molecular complexity index is 1150. The van der Waals surface area contributed by atoms with Gasteiger partial charge in [-0.25, -0.2) is 14.6 Å². The summed E-state index contributed by atoms with van der Waals surface area (Å²) < 4.78 is 5.59. The zero-order valence-electron chi connectivity index (χ0n) is 15.6. The zero-order valence-corrected chi connectivity index (χ0v) is 16.4. The Morgan fingerprint density at radius 1 is 0.968 bits per heavy atom. The minimum Gasteiger partial charge on any atom is -0.481 e. The first-order chi connectivity index (χ1) is 14.7. The molecule has 0 spiro atoms. The number of hydrogen-bond donors (Lipinski definition) is 4. The van der Waals surface area contributed by atoms with E-state index in [0.29, 0.717) is 11.1 Å². The van der Waals surface area contributed by atoms with Gasteiger partial charge in [0.15, 0.2) is 5.58 Å². The molecule has 11 heteroatoms. The van der Waals surface area contributed by atoms with Gasteiger partial charge in [0.1, 0.15) is 5.52 Å². The Labute approximate surface area is 178 Å². The van der Waals surface area contributed by atoms with Gasteiger partial charge in [-0.05, 0) is 29.8 Å². The van der Waals surface area contributed by atoms with Gasteiger partial charge in [-0.15, -0.1) is 0 Å². The van der Waals surface area contributed by atoms with Crippen molar-refractivity contribution in [3.63, 3.8) is 0 Å². The van der Waals surface area contributed by atoms with Gasteiger partial charge in [0, 0.05) is 0 Å². The molecule has 0 aliphatic heterocycles. The molecule has 31 heavy (non-hydrogen) atoms. The van der Waals surface area contributed by atoms with Gasteiger partial charge in [0.25, 0.3) is 5.22 Å². The summed E-state index contributed by atoms with van der Waals surface area (Å²) in [5, 5.41) is 36.4. The number of aromatic carboxylic acids is 2. The van der Waals surface area contributed by atoms with Gasteiger partial charge in [-0.1, -0.05) is 30.0 Å². The zero-order chi connectivity index (χ0) is 22.7. The second-order valence-electron chi connectivity index (χ2n) is 6.44. The van der Waals surface area contributed by atoms with Crippen LogP contribution in [0.3, 0.4) is 0 Å². The Balaban J connectivity index is 2.15. The maximum atomic E-state index is 11.9. The lowest BCUT2D eigenvalue weighted by atomic mass is 9.91. The van der Waals surface area contributed by atoms with E-state index in [1.165, 1.54) is 6.07 Å². The first kappa shape index (κ1) is 21.8. The van der Waals surface area contributed by atoms with E-state index < -0.39 is 47.0 Å². The number of thioether (sulfide) groups is 1. The number of fused-ring (bicyclic) bond motifs is 1. The van der Waals surface area contributed by atoms with Crippen LogP contribution in [0.1, 0.15) is 38.0 Å². The monoisotopic (exact) mass is 445 g/mol. The van der Waals surface area contributed by atoms with E-state index in [2.05, 4.69) is 4.98 Å². The molecule has 0 aliphatic rings. The van der Waals surface area contributed by atoms with Crippen molar-refractivity contribution in [2.24, 2.45) is 5.92 Å². The highest BCUT2D eigenvalue weighted by Gasteiger charge is 2.36. The number of nitrogens with zero attached hydrogens (tertiary/aromatic N) is 1. The van der Waals surface area contributed by atoms with Crippen molar-refractivity contribution in [2.45, 2.75) is 16.9 Å². The number of rotatable bonds is 9. The van der Waals surface area contributed by atoms with Gasteiger partial charge in [-0.2, -0.15) is 0 Å². The fraction of sp³-hybridized carbons (Fsp3) is 0.150. The van der Waals surface area contributed by atoms with Gasteiger partial charge in [-0.3, -0.25) is 9.59 Å². The summed E-state index contributed by atoms with van der Waals surface area (Å²) in [5.74, 6) is -7.26. The van der Waals surface area contributed by atoms with Crippen LogP contribution in [-0.4, -0.2) is 49.3 Å². The molecule has 0 saturated carbocycles. The molecule has 0 radical (unpaired) electrons. The quantitative estimate of drug-likeness (QED) is 0.356. The molecule has 0 bridgehead atoms. The van der Waals surface area contributed by atoms with Crippen LogP contribution in [0.15, 0.2) is 52.1 Å². The largest absolute Gasteiger partial charge is 0.481 e. The molecule has 2 atom stereocenters. The van der Waals surface area contributed by atoms with Crippen molar-refractivity contribution >= 4 is 46.7 Å². The molecule has 1 heterocycles. The summed E-state index contributed by atoms with van der Waals surface area (Å²) in [6, 6.07) is 9.92. The smallest absolute Gasteiger partial charge is 0.336 e. The van der Waals surface area contributed by atoms with E-state index >= 15 is 0 Å². The Morgan fingerprint density at radius 3 is 2.26 bits per heavy atom. The van der Waals surface area contributed by atoms with Crippen LogP contribution in [0.4, 0.5) is 0 Å². The van der Waals surface area contributed by atoms with Crippen LogP contribution >= 0.6 is 11.8 Å². The average Bonchev–Trinajstić information content (AvgIpc) is 3.12. The Hall–Kier alpha value is -3.86. The molecule has 0 saturated heterocycles. The SMILES string of the molecule is O=C(O)CC(C(=O)O)C(Sc1nc2ccccc2o1)c1ccc(C(=O)O)cc1C(=O)O. The number of para-hydroxylation sites is 2. The number of carboxylic acid groups (broad SMARTS) is 4. The van der Waals surface area contributed by atoms with Gasteiger partial charge in [0.2, 0.25) is 0 Å².